The number of aromatic nitrogens is 1. The molecule has 13 heteroatoms. The SMILES string of the molecule is COC(=O)C1=C(C2CCN(S(=O)(=O)C3CC(C)(C(=O)O)C3)CC2)NC(c2nccs2)=NC1c1ccc(F)cc1C. The smallest absolute Gasteiger partial charge is 0.338 e. The molecule has 3 aliphatic rings. The lowest BCUT2D eigenvalue weighted by atomic mass is 9.70. The fourth-order valence-electron chi connectivity index (χ4n) is 5.78. The van der Waals surface area contributed by atoms with E-state index in [-0.39, 0.29) is 31.8 Å². The maximum Gasteiger partial charge on any atom is 0.338 e. The van der Waals surface area contributed by atoms with Crippen LogP contribution in [0.5, 0.6) is 0 Å². The first-order chi connectivity index (χ1) is 18.9. The summed E-state index contributed by atoms with van der Waals surface area (Å²) in [5, 5.41) is 14.4. The Morgan fingerprint density at radius 1 is 1.25 bits per heavy atom. The Morgan fingerprint density at radius 3 is 2.52 bits per heavy atom. The summed E-state index contributed by atoms with van der Waals surface area (Å²) in [4.78, 5) is 33.9. The van der Waals surface area contributed by atoms with Gasteiger partial charge in [0, 0.05) is 36.3 Å². The Balaban J connectivity index is 1.45. The highest BCUT2D eigenvalue weighted by Gasteiger charge is 2.53. The van der Waals surface area contributed by atoms with Crippen molar-refractivity contribution >= 4 is 39.1 Å². The molecule has 0 radical (unpaired) electrons. The molecule has 1 atom stereocenters. The second kappa shape index (κ2) is 10.7. The maximum absolute atomic E-state index is 14.0. The maximum atomic E-state index is 14.0. The number of carboxylic acid groups (broad SMARTS) is 1. The normalized spacial score (nSPS) is 26.1. The summed E-state index contributed by atoms with van der Waals surface area (Å²) < 4.78 is 47.1. The molecule has 214 valence electrons. The summed E-state index contributed by atoms with van der Waals surface area (Å²) in [6, 6.07) is 3.57. The fourth-order valence-corrected chi connectivity index (χ4v) is 8.67. The Kier molecular flexibility index (Phi) is 7.57. The number of halogens is 1. The molecule has 1 aromatic heterocycles. The van der Waals surface area contributed by atoms with Gasteiger partial charge in [0.2, 0.25) is 10.0 Å². The van der Waals surface area contributed by atoms with E-state index in [9.17, 15) is 27.5 Å². The second-order valence-corrected chi connectivity index (χ2v) is 13.9. The van der Waals surface area contributed by atoms with Crippen LogP contribution in [0.25, 0.3) is 0 Å². The molecule has 40 heavy (non-hydrogen) atoms. The molecule has 2 fully saturated rings. The first-order valence-electron chi connectivity index (χ1n) is 13.0. The number of rotatable bonds is 7. The fraction of sp³-hybridized carbons (Fsp3) is 0.481. The number of carboxylic acids is 1. The van der Waals surface area contributed by atoms with E-state index in [1.807, 2.05) is 5.38 Å². The van der Waals surface area contributed by atoms with Crippen molar-refractivity contribution < 1.29 is 32.2 Å². The van der Waals surface area contributed by atoms with Gasteiger partial charge in [-0.25, -0.2) is 26.9 Å². The van der Waals surface area contributed by atoms with E-state index in [2.05, 4.69) is 10.3 Å². The molecule has 3 heterocycles. The molecule has 1 aromatic carbocycles. The van der Waals surface area contributed by atoms with Crippen LogP contribution < -0.4 is 5.32 Å². The number of carbonyl (C=O) groups is 2. The highest BCUT2D eigenvalue weighted by molar-refractivity contribution is 7.89. The lowest BCUT2D eigenvalue weighted by molar-refractivity contribution is -0.152. The molecule has 1 unspecified atom stereocenters. The molecule has 0 spiro atoms. The van der Waals surface area contributed by atoms with Gasteiger partial charge >= 0.3 is 11.9 Å². The van der Waals surface area contributed by atoms with Crippen LogP contribution in [0, 0.1) is 24.1 Å². The molecule has 0 bridgehead atoms. The molecule has 0 amide bonds. The zero-order chi connectivity index (χ0) is 28.8. The summed E-state index contributed by atoms with van der Waals surface area (Å²) in [7, 11) is -2.36. The third-order valence-electron chi connectivity index (χ3n) is 8.16. The first-order valence-corrected chi connectivity index (χ1v) is 15.4. The summed E-state index contributed by atoms with van der Waals surface area (Å²) in [5.74, 6) is -1.68. The molecule has 1 saturated heterocycles. The van der Waals surface area contributed by atoms with E-state index in [0.717, 1.165) is 0 Å². The number of allylic oxidation sites excluding steroid dienone is 1. The zero-order valence-electron chi connectivity index (χ0n) is 22.4. The number of sulfonamides is 1. The van der Waals surface area contributed by atoms with Crippen LogP contribution in [0.2, 0.25) is 0 Å². The van der Waals surface area contributed by atoms with Crippen molar-refractivity contribution in [1.29, 1.82) is 0 Å². The number of nitrogens with one attached hydrogen (secondary N) is 1. The number of aliphatic carboxylic acids is 1. The number of hydrogen-bond donors (Lipinski definition) is 2. The monoisotopic (exact) mass is 590 g/mol. The van der Waals surface area contributed by atoms with E-state index in [1.165, 1.54) is 34.9 Å². The van der Waals surface area contributed by atoms with Crippen LogP contribution >= 0.6 is 11.3 Å². The van der Waals surface area contributed by atoms with Gasteiger partial charge in [0.15, 0.2) is 10.8 Å². The number of thiazole rings is 1. The molecule has 1 saturated carbocycles. The molecular formula is C27H31FN4O6S2. The molecule has 1 aliphatic carbocycles. The van der Waals surface area contributed by atoms with Crippen LogP contribution in [0.15, 0.2) is 46.0 Å². The first kappa shape index (κ1) is 28.4. The summed E-state index contributed by atoms with van der Waals surface area (Å²) in [6.45, 7) is 3.80. The molecule has 5 rings (SSSR count). The van der Waals surface area contributed by atoms with Gasteiger partial charge in [-0.2, -0.15) is 0 Å². The highest BCUT2D eigenvalue weighted by Crippen LogP contribution is 2.46. The topological polar surface area (TPSA) is 138 Å². The van der Waals surface area contributed by atoms with E-state index in [1.54, 1.807) is 26.1 Å². The third kappa shape index (κ3) is 5.06. The largest absolute Gasteiger partial charge is 0.481 e. The van der Waals surface area contributed by atoms with E-state index < -0.39 is 44.5 Å². The van der Waals surface area contributed by atoms with Crippen LogP contribution in [-0.4, -0.2) is 66.0 Å². The number of benzene rings is 1. The Morgan fingerprint density at radius 2 is 1.95 bits per heavy atom. The summed E-state index contributed by atoms with van der Waals surface area (Å²) in [6.07, 6.45) is 2.71. The van der Waals surface area contributed by atoms with Gasteiger partial charge in [0.25, 0.3) is 0 Å². The summed E-state index contributed by atoms with van der Waals surface area (Å²) in [5.41, 5.74) is 1.17. The van der Waals surface area contributed by atoms with Crippen molar-refractivity contribution in [1.82, 2.24) is 14.6 Å². The van der Waals surface area contributed by atoms with E-state index in [0.29, 0.717) is 46.1 Å². The molecule has 2 aromatic rings. The molecule has 10 nitrogen and oxygen atoms in total. The second-order valence-electron chi connectivity index (χ2n) is 10.8. The number of nitrogens with zero attached hydrogens (tertiary/aromatic N) is 3. The number of esters is 1. The van der Waals surface area contributed by atoms with Crippen molar-refractivity contribution in [2.24, 2.45) is 16.3 Å². The average molecular weight is 591 g/mol. The molecular weight excluding hydrogens is 559 g/mol. The standard InChI is InChI=1S/C27H31FN4O6S2/c1-15-12-17(28)4-5-19(15)22-20(25(33)38-3)21(30-23(31-22)24-29-8-11-39-24)16-6-9-32(10-7-16)40(36,37)18-13-27(2,14-18)26(34)35/h4-5,8,11-12,16,18,22H,6-7,9-10,13-14H2,1-3H3,(H,30,31)(H,34,35). The third-order valence-corrected chi connectivity index (χ3v) is 11.2. The van der Waals surface area contributed by atoms with Gasteiger partial charge < -0.3 is 15.2 Å². The van der Waals surface area contributed by atoms with Crippen molar-refractivity contribution in [3.05, 3.63) is 63.0 Å². The minimum Gasteiger partial charge on any atom is -0.481 e. The zero-order valence-corrected chi connectivity index (χ0v) is 24.0. The van der Waals surface area contributed by atoms with Crippen molar-refractivity contribution in [2.45, 2.75) is 50.8 Å². The quantitative estimate of drug-likeness (QED) is 0.468. The van der Waals surface area contributed by atoms with Crippen molar-refractivity contribution in [3.63, 3.8) is 0 Å². The Hall–Kier alpha value is -3.16. The number of piperidine rings is 1. The summed E-state index contributed by atoms with van der Waals surface area (Å²) >= 11 is 1.38. The Labute approximate surface area is 236 Å². The highest BCUT2D eigenvalue weighted by atomic mass is 32.2. The lowest BCUT2D eigenvalue weighted by Gasteiger charge is -2.44. The number of hydrogen-bond acceptors (Lipinski definition) is 9. The van der Waals surface area contributed by atoms with Gasteiger partial charge in [-0.05, 0) is 62.8 Å². The van der Waals surface area contributed by atoms with E-state index >= 15 is 0 Å². The lowest BCUT2D eigenvalue weighted by Crippen LogP contribution is -2.54. The number of amidine groups is 1. The van der Waals surface area contributed by atoms with E-state index in [4.69, 9.17) is 9.73 Å². The number of ether oxygens (including phenoxy) is 1. The van der Waals surface area contributed by atoms with Gasteiger partial charge in [0.05, 0.1) is 23.3 Å². The molecule has 2 aliphatic heterocycles. The predicted molar refractivity (Wildman–Crippen MR) is 147 cm³/mol. The Bertz CT molecular complexity index is 1490. The minimum absolute atomic E-state index is 0.0934. The number of carbonyl (C=O) groups excluding carboxylic acids is 1. The number of aryl methyl sites for hydroxylation is 1. The van der Waals surface area contributed by atoms with Gasteiger partial charge in [-0.15, -0.1) is 11.3 Å². The predicted octanol–water partition coefficient (Wildman–Crippen LogP) is 3.40. The van der Waals surface area contributed by atoms with Crippen LogP contribution in [-0.2, 0) is 24.3 Å². The van der Waals surface area contributed by atoms with Gasteiger partial charge in [-0.1, -0.05) is 6.07 Å². The minimum atomic E-state index is -3.65. The van der Waals surface area contributed by atoms with Crippen LogP contribution in [0.4, 0.5) is 4.39 Å². The van der Waals surface area contributed by atoms with Crippen LogP contribution in [0.1, 0.15) is 54.8 Å². The van der Waals surface area contributed by atoms with Crippen molar-refractivity contribution in [3.8, 4) is 0 Å². The number of aliphatic imine (C=N–C) groups is 1. The van der Waals surface area contributed by atoms with Gasteiger partial charge in [-0.3, -0.25) is 9.79 Å². The van der Waals surface area contributed by atoms with Crippen LogP contribution in [0.3, 0.4) is 0 Å². The van der Waals surface area contributed by atoms with Gasteiger partial charge in [0.1, 0.15) is 11.9 Å². The number of methoxy groups -OCH3 is 1. The average Bonchev–Trinajstić information content (AvgIpc) is 3.45. The molecule has 2 N–H and O–H groups in total. The van der Waals surface area contributed by atoms with Crippen molar-refractivity contribution in [2.75, 3.05) is 20.2 Å².